The fourth-order valence-electron chi connectivity index (χ4n) is 4.61. The van der Waals surface area contributed by atoms with Crippen molar-refractivity contribution in [3.63, 3.8) is 0 Å². The maximum absolute atomic E-state index is 13.2. The summed E-state index contributed by atoms with van der Waals surface area (Å²) in [5.74, 6) is 0.838. The summed E-state index contributed by atoms with van der Waals surface area (Å²) >= 11 is 0. The predicted molar refractivity (Wildman–Crippen MR) is 131 cm³/mol. The van der Waals surface area contributed by atoms with Crippen LogP contribution in [0.3, 0.4) is 0 Å². The van der Waals surface area contributed by atoms with E-state index in [9.17, 15) is 9.59 Å². The highest BCUT2D eigenvalue weighted by molar-refractivity contribution is 5.77. The van der Waals surface area contributed by atoms with Crippen molar-refractivity contribution < 1.29 is 4.79 Å². The van der Waals surface area contributed by atoms with Crippen molar-refractivity contribution in [3.05, 3.63) is 76.3 Å². The molecule has 3 aromatic rings. The molecule has 2 amide bonds. The van der Waals surface area contributed by atoms with Gasteiger partial charge in [0.2, 0.25) is 0 Å². The largest absolute Gasteiger partial charge is 0.334 e. The minimum Gasteiger partial charge on any atom is -0.334 e. The zero-order valence-corrected chi connectivity index (χ0v) is 19.5. The van der Waals surface area contributed by atoms with E-state index in [-0.39, 0.29) is 17.6 Å². The van der Waals surface area contributed by atoms with E-state index in [1.54, 1.807) is 0 Å². The van der Waals surface area contributed by atoms with Gasteiger partial charge >= 0.3 is 6.03 Å². The molecular weight excluding hydrogens is 414 g/mol. The lowest BCUT2D eigenvalue weighted by molar-refractivity contribution is 0.100. The van der Waals surface area contributed by atoms with Crippen LogP contribution in [0.15, 0.2) is 59.4 Å². The van der Waals surface area contributed by atoms with E-state index in [2.05, 4.69) is 24.1 Å². The molecule has 0 saturated carbocycles. The minimum absolute atomic E-state index is 0.0294. The van der Waals surface area contributed by atoms with Crippen molar-refractivity contribution in [2.45, 2.75) is 45.8 Å². The third-order valence-corrected chi connectivity index (χ3v) is 6.35. The van der Waals surface area contributed by atoms with Gasteiger partial charge in [0.1, 0.15) is 5.82 Å². The van der Waals surface area contributed by atoms with Gasteiger partial charge in [0.25, 0.3) is 5.56 Å². The van der Waals surface area contributed by atoms with E-state index in [1.807, 2.05) is 64.1 Å². The third kappa shape index (κ3) is 5.09. The van der Waals surface area contributed by atoms with E-state index in [4.69, 9.17) is 4.98 Å². The molecule has 33 heavy (non-hydrogen) atoms. The molecule has 4 rings (SSSR count). The number of carbonyl (C=O) groups is 1. The SMILES string of the molecule is CCCn1c(C(CC)N2CCN(C(=O)NCc3ccccc3)CC2)nc2ccccc2c1=O. The maximum Gasteiger partial charge on any atom is 0.317 e. The van der Waals surface area contributed by atoms with Crippen molar-refractivity contribution in [1.29, 1.82) is 0 Å². The molecule has 1 aromatic heterocycles. The summed E-state index contributed by atoms with van der Waals surface area (Å²) in [6, 6.07) is 17.5. The Bertz CT molecular complexity index is 1140. The maximum atomic E-state index is 13.2. The van der Waals surface area contributed by atoms with E-state index in [0.717, 1.165) is 42.8 Å². The molecule has 1 aliphatic heterocycles. The Hall–Kier alpha value is -3.19. The van der Waals surface area contributed by atoms with Gasteiger partial charge in [-0.2, -0.15) is 0 Å². The van der Waals surface area contributed by atoms with E-state index in [1.165, 1.54) is 0 Å². The molecule has 1 N–H and O–H groups in total. The molecule has 0 spiro atoms. The van der Waals surface area contributed by atoms with Gasteiger partial charge in [-0.1, -0.05) is 56.3 Å². The fourth-order valence-corrected chi connectivity index (χ4v) is 4.61. The fraction of sp³-hybridized carbons (Fsp3) is 0.423. The van der Waals surface area contributed by atoms with E-state index < -0.39 is 0 Å². The number of fused-ring (bicyclic) bond motifs is 1. The van der Waals surface area contributed by atoms with Crippen LogP contribution < -0.4 is 10.9 Å². The number of aromatic nitrogens is 2. The third-order valence-electron chi connectivity index (χ3n) is 6.35. The Morgan fingerprint density at radius 2 is 1.70 bits per heavy atom. The Morgan fingerprint density at radius 3 is 2.39 bits per heavy atom. The van der Waals surface area contributed by atoms with Gasteiger partial charge in [0.15, 0.2) is 0 Å². The second-order valence-electron chi connectivity index (χ2n) is 8.54. The van der Waals surface area contributed by atoms with Crippen LogP contribution in [0.2, 0.25) is 0 Å². The second kappa shape index (κ2) is 10.6. The first-order valence-electron chi connectivity index (χ1n) is 11.9. The summed E-state index contributed by atoms with van der Waals surface area (Å²) in [5.41, 5.74) is 1.88. The Morgan fingerprint density at radius 1 is 1.00 bits per heavy atom. The Balaban J connectivity index is 1.47. The number of hydrogen-bond donors (Lipinski definition) is 1. The lowest BCUT2D eigenvalue weighted by Gasteiger charge is -2.39. The highest BCUT2D eigenvalue weighted by Crippen LogP contribution is 2.25. The van der Waals surface area contributed by atoms with Crippen molar-refractivity contribution in [2.75, 3.05) is 26.2 Å². The zero-order chi connectivity index (χ0) is 23.2. The normalized spacial score (nSPS) is 15.5. The van der Waals surface area contributed by atoms with Crippen molar-refractivity contribution in [1.82, 2.24) is 24.7 Å². The molecular formula is C26H33N5O2. The number of piperazine rings is 1. The quantitative estimate of drug-likeness (QED) is 0.598. The molecule has 2 heterocycles. The molecule has 1 atom stereocenters. The van der Waals surface area contributed by atoms with Crippen LogP contribution in [0.25, 0.3) is 10.9 Å². The van der Waals surface area contributed by atoms with Gasteiger partial charge in [-0.3, -0.25) is 14.3 Å². The number of amides is 2. The summed E-state index contributed by atoms with van der Waals surface area (Å²) in [7, 11) is 0. The van der Waals surface area contributed by atoms with Crippen LogP contribution in [0.4, 0.5) is 4.79 Å². The van der Waals surface area contributed by atoms with Crippen LogP contribution in [0.1, 0.15) is 44.1 Å². The van der Waals surface area contributed by atoms with Gasteiger partial charge in [0, 0.05) is 39.3 Å². The molecule has 174 valence electrons. The monoisotopic (exact) mass is 447 g/mol. The summed E-state index contributed by atoms with van der Waals surface area (Å²) in [6.07, 6.45) is 1.73. The first kappa shape index (κ1) is 23.0. The molecule has 0 bridgehead atoms. The van der Waals surface area contributed by atoms with Gasteiger partial charge in [-0.15, -0.1) is 0 Å². The average molecular weight is 448 g/mol. The summed E-state index contributed by atoms with van der Waals surface area (Å²) in [4.78, 5) is 35.1. The van der Waals surface area contributed by atoms with E-state index >= 15 is 0 Å². The molecule has 7 heteroatoms. The lowest BCUT2D eigenvalue weighted by atomic mass is 10.1. The average Bonchev–Trinajstić information content (AvgIpc) is 2.86. The molecule has 1 fully saturated rings. The molecule has 1 saturated heterocycles. The number of nitrogens with zero attached hydrogens (tertiary/aromatic N) is 4. The Kier molecular flexibility index (Phi) is 7.40. The number of benzene rings is 2. The molecule has 0 radical (unpaired) electrons. The van der Waals surface area contributed by atoms with Gasteiger partial charge in [0.05, 0.1) is 16.9 Å². The number of para-hydroxylation sites is 1. The number of nitrogens with one attached hydrogen (secondary N) is 1. The lowest BCUT2D eigenvalue weighted by Crippen LogP contribution is -2.52. The zero-order valence-electron chi connectivity index (χ0n) is 19.5. The molecule has 0 aliphatic carbocycles. The molecule has 1 unspecified atom stereocenters. The summed E-state index contributed by atoms with van der Waals surface area (Å²) in [6.45, 7) is 8.23. The van der Waals surface area contributed by atoms with Crippen LogP contribution in [-0.4, -0.2) is 51.6 Å². The first-order valence-corrected chi connectivity index (χ1v) is 11.9. The van der Waals surface area contributed by atoms with Gasteiger partial charge in [-0.05, 0) is 30.5 Å². The summed E-state index contributed by atoms with van der Waals surface area (Å²) in [5, 5.41) is 3.69. The van der Waals surface area contributed by atoms with Crippen LogP contribution >= 0.6 is 0 Å². The van der Waals surface area contributed by atoms with Crippen molar-refractivity contribution >= 4 is 16.9 Å². The number of hydrogen-bond acceptors (Lipinski definition) is 4. The van der Waals surface area contributed by atoms with Gasteiger partial charge < -0.3 is 10.2 Å². The highest BCUT2D eigenvalue weighted by Gasteiger charge is 2.29. The topological polar surface area (TPSA) is 70.5 Å². The van der Waals surface area contributed by atoms with Crippen LogP contribution in [0, 0.1) is 0 Å². The molecule has 1 aliphatic rings. The molecule has 2 aromatic carbocycles. The number of carbonyl (C=O) groups excluding carboxylic acids is 1. The first-order chi connectivity index (χ1) is 16.1. The number of rotatable bonds is 7. The standard InChI is InChI=1S/C26H33N5O2/c1-3-14-31-24(28-22-13-9-8-12-21(22)25(31)32)23(4-2)29-15-17-30(18-16-29)26(33)27-19-20-10-6-5-7-11-20/h5-13,23H,3-4,14-19H2,1-2H3,(H,27,33). The summed E-state index contributed by atoms with van der Waals surface area (Å²) < 4.78 is 1.86. The smallest absolute Gasteiger partial charge is 0.317 e. The van der Waals surface area contributed by atoms with Crippen LogP contribution in [0.5, 0.6) is 0 Å². The predicted octanol–water partition coefficient (Wildman–Crippen LogP) is 3.79. The van der Waals surface area contributed by atoms with Crippen molar-refractivity contribution in [3.8, 4) is 0 Å². The second-order valence-corrected chi connectivity index (χ2v) is 8.54. The number of urea groups is 1. The minimum atomic E-state index is -0.0294. The van der Waals surface area contributed by atoms with E-state index in [0.29, 0.717) is 31.6 Å². The van der Waals surface area contributed by atoms with Crippen molar-refractivity contribution in [2.24, 2.45) is 0 Å². The van der Waals surface area contributed by atoms with Gasteiger partial charge in [-0.25, -0.2) is 9.78 Å². The molecule has 7 nitrogen and oxygen atoms in total. The highest BCUT2D eigenvalue weighted by atomic mass is 16.2. The Labute approximate surface area is 195 Å². The van der Waals surface area contributed by atoms with Crippen LogP contribution in [-0.2, 0) is 13.1 Å².